The number of hydrogen-bond acceptors (Lipinski definition) is 5. The van der Waals surface area contributed by atoms with E-state index in [9.17, 15) is 0 Å². The largest absolute Gasteiger partial charge is 0.288 e. The van der Waals surface area contributed by atoms with Crippen LogP contribution in [0.25, 0.3) is 21.9 Å². The van der Waals surface area contributed by atoms with Crippen molar-refractivity contribution in [3.63, 3.8) is 0 Å². The first-order valence-corrected chi connectivity index (χ1v) is 7.06. The van der Waals surface area contributed by atoms with Crippen LogP contribution in [0.3, 0.4) is 0 Å². The van der Waals surface area contributed by atoms with E-state index >= 15 is 0 Å². The topological polar surface area (TPSA) is 71.8 Å². The summed E-state index contributed by atoms with van der Waals surface area (Å²) >= 11 is 1.54. The van der Waals surface area contributed by atoms with Crippen LogP contribution in [0.1, 0.15) is 5.69 Å². The summed E-state index contributed by atoms with van der Waals surface area (Å²) in [7, 11) is 0. The van der Waals surface area contributed by atoms with Gasteiger partial charge in [0.15, 0.2) is 5.69 Å². The van der Waals surface area contributed by atoms with Crippen molar-refractivity contribution in [2.24, 2.45) is 0 Å². The Labute approximate surface area is 123 Å². The van der Waals surface area contributed by atoms with E-state index in [0.29, 0.717) is 5.69 Å². The van der Waals surface area contributed by atoms with Crippen molar-refractivity contribution in [2.75, 3.05) is 0 Å². The Morgan fingerprint density at radius 2 is 2.24 bits per heavy atom. The minimum absolute atomic E-state index is 0.375. The molecule has 0 radical (unpaired) electrons. The third-order valence-corrected chi connectivity index (χ3v) is 3.97. The number of fused-ring (bicyclic) bond motifs is 1. The normalized spacial score (nSPS) is 10.8. The van der Waals surface area contributed by atoms with Crippen molar-refractivity contribution in [3.05, 3.63) is 54.2 Å². The van der Waals surface area contributed by atoms with Crippen molar-refractivity contribution in [1.82, 2.24) is 24.1 Å². The molecule has 0 N–H and O–H groups in total. The molecule has 21 heavy (non-hydrogen) atoms. The Bertz CT molecular complexity index is 971. The predicted molar refractivity (Wildman–Crippen MR) is 78.1 cm³/mol. The molecule has 4 aromatic rings. The molecular weight excluding hydrogens is 284 g/mol. The summed E-state index contributed by atoms with van der Waals surface area (Å²) in [5, 5.41) is 16.0. The first kappa shape index (κ1) is 11.8. The van der Waals surface area contributed by atoms with Gasteiger partial charge in [-0.1, -0.05) is 6.07 Å². The molecule has 0 fully saturated rings. The number of nitriles is 1. The summed E-state index contributed by atoms with van der Waals surface area (Å²) in [6, 6.07) is 7.93. The maximum absolute atomic E-state index is 8.82. The molecule has 0 saturated heterocycles. The van der Waals surface area contributed by atoms with Gasteiger partial charge in [-0.25, -0.2) is 14.5 Å². The van der Waals surface area contributed by atoms with Crippen LogP contribution in [-0.4, -0.2) is 24.1 Å². The van der Waals surface area contributed by atoms with Crippen LogP contribution in [0.2, 0.25) is 0 Å². The third-order valence-electron chi connectivity index (χ3n) is 3.11. The standard InChI is InChI=1S/C14H8N6S/c15-5-10-7-19(9-16-10)13-8-21-14(18-13)11-6-17-20-4-2-1-3-12(11)20/h1-4,6-9H. The molecule has 0 amide bonds. The molecule has 0 atom stereocenters. The average molecular weight is 292 g/mol. The summed E-state index contributed by atoms with van der Waals surface area (Å²) in [5.74, 6) is 0.749. The monoisotopic (exact) mass is 292 g/mol. The van der Waals surface area contributed by atoms with Crippen molar-refractivity contribution < 1.29 is 0 Å². The van der Waals surface area contributed by atoms with Gasteiger partial charge in [-0.3, -0.25) is 4.57 Å². The summed E-state index contributed by atoms with van der Waals surface area (Å²) in [6.45, 7) is 0. The Hall–Kier alpha value is -2.98. The summed E-state index contributed by atoms with van der Waals surface area (Å²) in [5.41, 5.74) is 2.38. The summed E-state index contributed by atoms with van der Waals surface area (Å²) in [4.78, 5) is 8.58. The quantitative estimate of drug-likeness (QED) is 0.569. The molecule has 100 valence electrons. The number of nitrogens with zero attached hydrogens (tertiary/aromatic N) is 6. The SMILES string of the molecule is N#Cc1cn(-c2csc(-c3cnn4ccccc34)n2)cn1. The van der Waals surface area contributed by atoms with Crippen molar-refractivity contribution in [2.45, 2.75) is 0 Å². The molecule has 0 aliphatic carbocycles. The van der Waals surface area contributed by atoms with E-state index in [1.165, 1.54) is 11.3 Å². The lowest BCUT2D eigenvalue weighted by atomic mass is 10.3. The van der Waals surface area contributed by atoms with Gasteiger partial charge >= 0.3 is 0 Å². The second-order valence-corrected chi connectivity index (χ2v) is 5.24. The van der Waals surface area contributed by atoms with Gasteiger partial charge in [0.2, 0.25) is 0 Å². The molecule has 4 heterocycles. The molecule has 4 rings (SSSR count). The molecule has 0 aliphatic rings. The van der Waals surface area contributed by atoms with E-state index in [1.807, 2.05) is 46.6 Å². The van der Waals surface area contributed by atoms with Gasteiger partial charge < -0.3 is 0 Å². The highest BCUT2D eigenvalue weighted by molar-refractivity contribution is 7.13. The molecule has 0 saturated carbocycles. The fourth-order valence-corrected chi connectivity index (χ4v) is 2.93. The number of imidazole rings is 1. The van der Waals surface area contributed by atoms with E-state index < -0.39 is 0 Å². The zero-order chi connectivity index (χ0) is 14.2. The van der Waals surface area contributed by atoms with E-state index in [-0.39, 0.29) is 0 Å². The molecule has 0 unspecified atom stereocenters. The van der Waals surface area contributed by atoms with Crippen LogP contribution in [0.5, 0.6) is 0 Å². The maximum atomic E-state index is 8.82. The van der Waals surface area contributed by atoms with Crippen LogP contribution in [0, 0.1) is 11.3 Å². The summed E-state index contributed by atoms with van der Waals surface area (Å²) < 4.78 is 3.56. The minimum Gasteiger partial charge on any atom is -0.288 e. The third kappa shape index (κ3) is 1.89. The predicted octanol–water partition coefficient (Wildman–Crippen LogP) is 2.52. The smallest absolute Gasteiger partial charge is 0.158 e. The average Bonchev–Trinajstić information content (AvgIpc) is 3.24. The number of hydrogen-bond donors (Lipinski definition) is 0. The highest BCUT2D eigenvalue weighted by Gasteiger charge is 2.11. The lowest BCUT2D eigenvalue weighted by molar-refractivity contribution is 0.961. The zero-order valence-corrected chi connectivity index (χ0v) is 11.5. The lowest BCUT2D eigenvalue weighted by Gasteiger charge is -1.95. The summed E-state index contributed by atoms with van der Waals surface area (Å²) in [6.07, 6.45) is 6.97. The number of thiazole rings is 1. The molecule has 0 aromatic carbocycles. The van der Waals surface area contributed by atoms with Gasteiger partial charge in [0.05, 0.1) is 17.3 Å². The number of rotatable bonds is 2. The van der Waals surface area contributed by atoms with Crippen LogP contribution in [0.15, 0.2) is 48.5 Å². The van der Waals surface area contributed by atoms with Crippen LogP contribution < -0.4 is 0 Å². The van der Waals surface area contributed by atoms with Gasteiger partial charge in [0, 0.05) is 17.8 Å². The van der Waals surface area contributed by atoms with Crippen molar-refractivity contribution in [3.8, 4) is 22.5 Å². The number of pyridine rings is 1. The Balaban J connectivity index is 1.79. The molecule has 6 nitrogen and oxygen atoms in total. The minimum atomic E-state index is 0.375. The Morgan fingerprint density at radius 1 is 1.29 bits per heavy atom. The van der Waals surface area contributed by atoms with Gasteiger partial charge in [-0.15, -0.1) is 11.3 Å². The molecule has 7 heteroatoms. The molecule has 0 spiro atoms. The van der Waals surface area contributed by atoms with Gasteiger partial charge in [-0.2, -0.15) is 10.4 Å². The van der Waals surface area contributed by atoms with Crippen LogP contribution >= 0.6 is 11.3 Å². The molecule has 4 aromatic heterocycles. The van der Waals surface area contributed by atoms with Crippen LogP contribution in [0.4, 0.5) is 0 Å². The first-order valence-electron chi connectivity index (χ1n) is 6.18. The van der Waals surface area contributed by atoms with Gasteiger partial charge in [0.1, 0.15) is 23.2 Å². The second-order valence-electron chi connectivity index (χ2n) is 4.38. The Kier molecular flexibility index (Phi) is 2.55. The van der Waals surface area contributed by atoms with E-state index in [1.54, 1.807) is 17.1 Å². The lowest BCUT2D eigenvalue weighted by Crippen LogP contribution is -1.89. The highest BCUT2D eigenvalue weighted by atomic mass is 32.1. The van der Waals surface area contributed by atoms with E-state index in [4.69, 9.17) is 5.26 Å². The fourth-order valence-electron chi connectivity index (χ4n) is 2.11. The van der Waals surface area contributed by atoms with E-state index in [0.717, 1.165) is 21.9 Å². The van der Waals surface area contributed by atoms with Crippen LogP contribution in [-0.2, 0) is 0 Å². The first-order chi connectivity index (χ1) is 10.3. The highest BCUT2D eigenvalue weighted by Crippen LogP contribution is 2.28. The second kappa shape index (κ2) is 4.54. The molecule has 0 bridgehead atoms. The van der Waals surface area contributed by atoms with Crippen molar-refractivity contribution >= 4 is 16.9 Å². The molecule has 0 aliphatic heterocycles. The van der Waals surface area contributed by atoms with Crippen molar-refractivity contribution in [1.29, 1.82) is 5.26 Å². The molecular formula is C14H8N6S. The van der Waals surface area contributed by atoms with Gasteiger partial charge in [-0.05, 0) is 12.1 Å². The number of aromatic nitrogens is 5. The maximum Gasteiger partial charge on any atom is 0.158 e. The fraction of sp³-hybridized carbons (Fsp3) is 0. The zero-order valence-electron chi connectivity index (χ0n) is 10.7. The van der Waals surface area contributed by atoms with Gasteiger partial charge in [0.25, 0.3) is 0 Å². The Morgan fingerprint density at radius 3 is 3.10 bits per heavy atom. The van der Waals surface area contributed by atoms with E-state index in [2.05, 4.69) is 15.1 Å².